The molecule has 1 N–H and O–H groups in total. The minimum atomic E-state index is -0.506. The zero-order chi connectivity index (χ0) is 13.8. The number of ether oxygens (including phenoxy) is 2. The van der Waals surface area contributed by atoms with Gasteiger partial charge in [0.05, 0.1) is 18.0 Å². The fourth-order valence-corrected chi connectivity index (χ4v) is 2.04. The van der Waals surface area contributed by atoms with Crippen molar-refractivity contribution in [3.63, 3.8) is 0 Å². The lowest BCUT2D eigenvalue weighted by Gasteiger charge is -2.29. The van der Waals surface area contributed by atoms with Gasteiger partial charge in [-0.15, -0.1) is 0 Å². The van der Waals surface area contributed by atoms with Crippen molar-refractivity contribution in [1.29, 1.82) is 0 Å². The number of halogens is 1. The van der Waals surface area contributed by atoms with E-state index in [2.05, 4.69) is 21.2 Å². The number of hydrogen-bond acceptors (Lipinski definition) is 4. The van der Waals surface area contributed by atoms with Gasteiger partial charge in [0.1, 0.15) is 11.7 Å². The Morgan fingerprint density at radius 1 is 1.39 bits per heavy atom. The molecule has 2 atom stereocenters. The molecule has 1 fully saturated rings. The highest BCUT2D eigenvalue weighted by Gasteiger charge is 2.28. The van der Waals surface area contributed by atoms with Gasteiger partial charge in [-0.05, 0) is 33.6 Å². The molecule has 18 heavy (non-hydrogen) atoms. The fourth-order valence-electron chi connectivity index (χ4n) is 1.68. The van der Waals surface area contributed by atoms with Crippen LogP contribution in [0.5, 0.6) is 0 Å². The lowest BCUT2D eigenvalue weighted by Crippen LogP contribution is -2.46. The number of Topliss-reactive ketones (excluding diaryl/α,β-unsaturated/α-hetero) is 1. The maximum atomic E-state index is 11.5. The van der Waals surface area contributed by atoms with Crippen LogP contribution < -0.4 is 5.32 Å². The van der Waals surface area contributed by atoms with Crippen molar-refractivity contribution in [3.8, 4) is 0 Å². The monoisotopic (exact) mass is 321 g/mol. The third-order valence-corrected chi connectivity index (χ3v) is 3.04. The molecule has 1 rings (SSSR count). The van der Waals surface area contributed by atoms with Crippen molar-refractivity contribution in [2.45, 2.75) is 51.4 Å². The third-order valence-electron chi connectivity index (χ3n) is 2.49. The van der Waals surface area contributed by atoms with E-state index in [1.807, 2.05) is 20.8 Å². The van der Waals surface area contributed by atoms with E-state index in [0.717, 1.165) is 6.42 Å². The predicted molar refractivity (Wildman–Crippen MR) is 70.9 cm³/mol. The van der Waals surface area contributed by atoms with Gasteiger partial charge in [0.25, 0.3) is 0 Å². The van der Waals surface area contributed by atoms with E-state index in [9.17, 15) is 9.59 Å². The first-order valence-electron chi connectivity index (χ1n) is 6.01. The molecule has 1 aliphatic rings. The molecule has 1 aliphatic heterocycles. The number of carbonyl (C=O) groups excluding carboxylic acids is 2. The van der Waals surface area contributed by atoms with Crippen LogP contribution in [0.15, 0.2) is 0 Å². The normalized spacial score (nSPS) is 24.4. The maximum absolute atomic E-state index is 11.5. The van der Waals surface area contributed by atoms with Gasteiger partial charge < -0.3 is 14.8 Å². The number of hydrogen-bond donors (Lipinski definition) is 1. The summed E-state index contributed by atoms with van der Waals surface area (Å²) in [6, 6.07) is -0.0841. The highest BCUT2D eigenvalue weighted by Crippen LogP contribution is 2.16. The van der Waals surface area contributed by atoms with Crippen molar-refractivity contribution >= 4 is 27.8 Å². The van der Waals surface area contributed by atoms with Crippen LogP contribution in [0.1, 0.15) is 33.6 Å². The van der Waals surface area contributed by atoms with Crippen LogP contribution in [0.25, 0.3) is 0 Å². The van der Waals surface area contributed by atoms with E-state index in [-0.39, 0.29) is 17.9 Å². The predicted octanol–water partition coefficient (Wildman–Crippen LogP) is 2.02. The van der Waals surface area contributed by atoms with Gasteiger partial charge in [0, 0.05) is 0 Å². The zero-order valence-electron chi connectivity index (χ0n) is 11.0. The second kappa shape index (κ2) is 6.52. The van der Waals surface area contributed by atoms with Gasteiger partial charge in [0.2, 0.25) is 0 Å². The largest absolute Gasteiger partial charge is 0.444 e. The Morgan fingerprint density at radius 2 is 2.06 bits per heavy atom. The Hall–Kier alpha value is -0.620. The number of carbonyl (C=O) groups is 2. The van der Waals surface area contributed by atoms with Crippen LogP contribution in [0.4, 0.5) is 4.79 Å². The lowest BCUT2D eigenvalue weighted by molar-refractivity contribution is -0.131. The van der Waals surface area contributed by atoms with E-state index < -0.39 is 11.7 Å². The summed E-state index contributed by atoms with van der Waals surface area (Å²) in [5.41, 5.74) is -0.506. The van der Waals surface area contributed by atoms with E-state index in [1.54, 1.807) is 0 Å². The maximum Gasteiger partial charge on any atom is 0.407 e. The van der Waals surface area contributed by atoms with Gasteiger partial charge in [-0.25, -0.2) is 4.79 Å². The van der Waals surface area contributed by atoms with E-state index in [0.29, 0.717) is 18.4 Å². The summed E-state index contributed by atoms with van der Waals surface area (Å²) in [6.45, 7) is 5.79. The third kappa shape index (κ3) is 5.35. The highest BCUT2D eigenvalue weighted by molar-refractivity contribution is 9.09. The molecular weight excluding hydrogens is 302 g/mol. The van der Waals surface area contributed by atoms with Crippen LogP contribution in [0.2, 0.25) is 0 Å². The highest BCUT2D eigenvalue weighted by atomic mass is 79.9. The molecule has 6 heteroatoms. The number of alkyl halides is 1. The molecular formula is C12H20BrNO4. The number of nitrogens with one attached hydrogen (secondary N) is 1. The molecule has 0 unspecified atom stereocenters. The quantitative estimate of drug-likeness (QED) is 0.808. The van der Waals surface area contributed by atoms with Crippen molar-refractivity contribution in [2.24, 2.45) is 0 Å². The van der Waals surface area contributed by atoms with Gasteiger partial charge >= 0.3 is 6.09 Å². The van der Waals surface area contributed by atoms with Crippen LogP contribution in [0.3, 0.4) is 0 Å². The number of amides is 1. The molecule has 104 valence electrons. The lowest BCUT2D eigenvalue weighted by atomic mass is 10.0. The smallest absolute Gasteiger partial charge is 0.407 e. The van der Waals surface area contributed by atoms with Gasteiger partial charge in [0.15, 0.2) is 5.78 Å². The van der Waals surface area contributed by atoms with Crippen LogP contribution in [-0.4, -0.2) is 41.6 Å². The summed E-state index contributed by atoms with van der Waals surface area (Å²) in [5.74, 6) is 0.0470. The fraction of sp³-hybridized carbons (Fsp3) is 0.833. The topological polar surface area (TPSA) is 64.6 Å². The first kappa shape index (κ1) is 15.4. The molecule has 0 aromatic heterocycles. The van der Waals surface area contributed by atoms with Crippen molar-refractivity contribution in [3.05, 3.63) is 0 Å². The Morgan fingerprint density at radius 3 is 2.50 bits per heavy atom. The Bertz CT molecular complexity index is 306. The summed E-state index contributed by atoms with van der Waals surface area (Å²) < 4.78 is 10.6. The molecule has 1 heterocycles. The minimum Gasteiger partial charge on any atom is -0.444 e. The number of alkyl carbamates (subject to hydrolysis) is 1. The molecule has 5 nitrogen and oxygen atoms in total. The Labute approximate surface area is 116 Å². The summed E-state index contributed by atoms with van der Waals surface area (Å²) >= 11 is 3.12. The number of rotatable bonds is 3. The molecule has 1 saturated heterocycles. The second-order valence-corrected chi connectivity index (χ2v) is 5.90. The first-order chi connectivity index (χ1) is 8.31. The van der Waals surface area contributed by atoms with Crippen LogP contribution in [0, 0.1) is 0 Å². The van der Waals surface area contributed by atoms with E-state index in [1.165, 1.54) is 0 Å². The van der Waals surface area contributed by atoms with E-state index >= 15 is 0 Å². The molecule has 0 spiro atoms. The number of ketones is 1. The zero-order valence-corrected chi connectivity index (χ0v) is 12.6. The molecule has 0 saturated carbocycles. The minimum absolute atomic E-state index is 0.0470. The van der Waals surface area contributed by atoms with Gasteiger partial charge in [-0.1, -0.05) is 15.9 Å². The summed E-state index contributed by atoms with van der Waals surface area (Å²) in [5, 5.41) is 3.05. The summed E-state index contributed by atoms with van der Waals surface area (Å²) in [4.78, 5) is 22.9. The van der Waals surface area contributed by atoms with Crippen LogP contribution in [-0.2, 0) is 14.3 Å². The van der Waals surface area contributed by atoms with Crippen molar-refractivity contribution in [2.75, 3.05) is 11.9 Å². The Balaban J connectivity index is 2.31. The molecule has 1 amide bonds. The molecule has 0 aromatic rings. The summed E-state index contributed by atoms with van der Waals surface area (Å²) in [6.07, 6.45) is 0.565. The van der Waals surface area contributed by atoms with Crippen LogP contribution >= 0.6 is 15.9 Å². The SMILES string of the molecule is CC(C)(C)OC(=O)N[C@@H]1CC[C@@H](C(=O)CBr)OC1. The first-order valence-corrected chi connectivity index (χ1v) is 7.14. The molecule has 0 bridgehead atoms. The average molecular weight is 322 g/mol. The Kier molecular flexibility index (Phi) is 5.59. The molecule has 0 aromatic carbocycles. The average Bonchev–Trinajstić information content (AvgIpc) is 2.26. The standard InChI is InChI=1S/C12H20BrNO4/c1-12(2,3)18-11(16)14-8-4-5-10(17-7-8)9(15)6-13/h8,10H,4-7H2,1-3H3,(H,14,16)/t8-,10+/m1/s1. The van der Waals surface area contributed by atoms with Crippen molar-refractivity contribution in [1.82, 2.24) is 5.32 Å². The van der Waals surface area contributed by atoms with Crippen molar-refractivity contribution < 1.29 is 19.1 Å². The van der Waals surface area contributed by atoms with Gasteiger partial charge in [-0.2, -0.15) is 0 Å². The summed E-state index contributed by atoms with van der Waals surface area (Å²) in [7, 11) is 0. The second-order valence-electron chi connectivity index (χ2n) is 5.34. The van der Waals surface area contributed by atoms with Gasteiger partial charge in [-0.3, -0.25) is 4.79 Å². The molecule has 0 radical (unpaired) electrons. The van der Waals surface area contributed by atoms with E-state index in [4.69, 9.17) is 9.47 Å². The molecule has 0 aliphatic carbocycles.